The Hall–Kier alpha value is -2.35. The summed E-state index contributed by atoms with van der Waals surface area (Å²) in [7, 11) is 1.70. The van der Waals surface area contributed by atoms with E-state index >= 15 is 0 Å². The molecule has 2 aromatic rings. The number of allylic oxidation sites excluding steroid dienone is 2. The minimum Gasteiger partial charge on any atom is -0.496 e. The van der Waals surface area contributed by atoms with Crippen LogP contribution in [-0.2, 0) is 0 Å². The smallest absolute Gasteiger partial charge is 0.122 e. The van der Waals surface area contributed by atoms with E-state index in [1.807, 2.05) is 36.4 Å². The van der Waals surface area contributed by atoms with Gasteiger partial charge in [0.15, 0.2) is 0 Å². The van der Waals surface area contributed by atoms with Crippen LogP contribution in [-0.4, -0.2) is 12.1 Å². The number of benzene rings is 1. The van der Waals surface area contributed by atoms with Gasteiger partial charge in [-0.2, -0.15) is 0 Å². The van der Waals surface area contributed by atoms with Crippen molar-refractivity contribution in [3.05, 3.63) is 71.1 Å². The molecule has 0 aliphatic rings. The number of hydrogen-bond donors (Lipinski definition) is 0. The first-order valence-electron chi connectivity index (χ1n) is 6.61. The first-order valence-corrected chi connectivity index (χ1v) is 6.61. The van der Waals surface area contributed by atoms with Crippen LogP contribution in [0.15, 0.2) is 48.7 Å². The second-order valence-electron chi connectivity index (χ2n) is 4.65. The van der Waals surface area contributed by atoms with Crippen molar-refractivity contribution in [2.45, 2.75) is 13.8 Å². The SMILES string of the molecule is COc1cc(C)c(C=CC=Cc2ccccn2)cc1C. The van der Waals surface area contributed by atoms with Crippen LogP contribution in [0.3, 0.4) is 0 Å². The van der Waals surface area contributed by atoms with E-state index in [9.17, 15) is 0 Å². The number of aryl methyl sites for hydroxylation is 2. The van der Waals surface area contributed by atoms with Gasteiger partial charge in [0.2, 0.25) is 0 Å². The van der Waals surface area contributed by atoms with Gasteiger partial charge in [-0.15, -0.1) is 0 Å². The molecule has 2 nitrogen and oxygen atoms in total. The molecule has 1 aromatic heterocycles. The van der Waals surface area contributed by atoms with Gasteiger partial charge in [-0.3, -0.25) is 4.98 Å². The van der Waals surface area contributed by atoms with Gasteiger partial charge in [-0.1, -0.05) is 24.3 Å². The second-order valence-corrected chi connectivity index (χ2v) is 4.65. The van der Waals surface area contributed by atoms with Gasteiger partial charge in [0.25, 0.3) is 0 Å². The Morgan fingerprint density at radius 2 is 1.80 bits per heavy atom. The van der Waals surface area contributed by atoms with Crippen LogP contribution in [0.25, 0.3) is 12.2 Å². The third-order valence-corrected chi connectivity index (χ3v) is 3.13. The Morgan fingerprint density at radius 1 is 1.00 bits per heavy atom. The fourth-order valence-electron chi connectivity index (χ4n) is 2.00. The van der Waals surface area contributed by atoms with Crippen LogP contribution in [0.1, 0.15) is 22.4 Å². The molecule has 0 bridgehead atoms. The van der Waals surface area contributed by atoms with Gasteiger partial charge in [-0.05, 0) is 60.9 Å². The highest BCUT2D eigenvalue weighted by Gasteiger charge is 2.01. The van der Waals surface area contributed by atoms with Crippen LogP contribution < -0.4 is 4.74 Å². The molecule has 102 valence electrons. The first-order chi connectivity index (χ1) is 9.70. The topological polar surface area (TPSA) is 22.1 Å². The maximum absolute atomic E-state index is 5.32. The summed E-state index contributed by atoms with van der Waals surface area (Å²) in [5, 5.41) is 0. The van der Waals surface area contributed by atoms with Crippen molar-refractivity contribution in [2.24, 2.45) is 0 Å². The van der Waals surface area contributed by atoms with Crippen molar-refractivity contribution in [1.29, 1.82) is 0 Å². The third kappa shape index (κ3) is 3.58. The molecule has 0 amide bonds. The molecule has 0 spiro atoms. The Bertz CT molecular complexity index is 627. The molecule has 0 N–H and O–H groups in total. The molecule has 0 fully saturated rings. The van der Waals surface area contributed by atoms with E-state index < -0.39 is 0 Å². The Kier molecular flexibility index (Phi) is 4.72. The number of methoxy groups -OCH3 is 1. The van der Waals surface area contributed by atoms with Crippen molar-refractivity contribution in [3.8, 4) is 5.75 Å². The average Bonchev–Trinajstić information content (AvgIpc) is 2.47. The van der Waals surface area contributed by atoms with Crippen LogP contribution in [0.5, 0.6) is 5.75 Å². The molecule has 1 heterocycles. The van der Waals surface area contributed by atoms with Gasteiger partial charge in [-0.25, -0.2) is 0 Å². The van der Waals surface area contributed by atoms with Crippen molar-refractivity contribution >= 4 is 12.2 Å². The normalized spacial score (nSPS) is 11.3. The van der Waals surface area contributed by atoms with Crippen LogP contribution in [0.4, 0.5) is 0 Å². The summed E-state index contributed by atoms with van der Waals surface area (Å²) in [6.07, 6.45) is 9.91. The summed E-state index contributed by atoms with van der Waals surface area (Å²) >= 11 is 0. The lowest BCUT2D eigenvalue weighted by atomic mass is 10.0. The maximum atomic E-state index is 5.32. The van der Waals surface area contributed by atoms with Crippen molar-refractivity contribution in [3.63, 3.8) is 0 Å². The fourth-order valence-corrected chi connectivity index (χ4v) is 2.00. The van der Waals surface area contributed by atoms with E-state index in [1.165, 1.54) is 11.1 Å². The second kappa shape index (κ2) is 6.71. The summed E-state index contributed by atoms with van der Waals surface area (Å²) < 4.78 is 5.32. The quantitative estimate of drug-likeness (QED) is 0.763. The van der Waals surface area contributed by atoms with E-state index in [2.05, 4.69) is 37.0 Å². The van der Waals surface area contributed by atoms with Gasteiger partial charge >= 0.3 is 0 Å². The van der Waals surface area contributed by atoms with Gasteiger partial charge < -0.3 is 4.74 Å². The molecule has 0 radical (unpaired) electrons. The minimum atomic E-state index is 0.934. The minimum absolute atomic E-state index is 0.934. The molecule has 0 saturated heterocycles. The molecule has 0 atom stereocenters. The molecule has 2 rings (SSSR count). The summed E-state index contributed by atoms with van der Waals surface area (Å²) in [6.45, 7) is 4.14. The molecular weight excluding hydrogens is 246 g/mol. The maximum Gasteiger partial charge on any atom is 0.122 e. The number of rotatable bonds is 4. The van der Waals surface area contributed by atoms with Gasteiger partial charge in [0.1, 0.15) is 5.75 Å². The van der Waals surface area contributed by atoms with E-state index in [0.717, 1.165) is 17.0 Å². The Morgan fingerprint density at radius 3 is 2.50 bits per heavy atom. The highest BCUT2D eigenvalue weighted by atomic mass is 16.5. The van der Waals surface area contributed by atoms with Crippen molar-refractivity contribution in [2.75, 3.05) is 7.11 Å². The standard InChI is InChI=1S/C18H19NO/c1-14-13-18(20-3)15(2)12-16(14)8-4-5-9-17-10-6-7-11-19-17/h4-13H,1-3H3. The molecular formula is C18H19NO. The highest BCUT2D eigenvalue weighted by molar-refractivity contribution is 5.60. The predicted octanol–water partition coefficient (Wildman–Crippen LogP) is 4.43. The zero-order chi connectivity index (χ0) is 14.4. The largest absolute Gasteiger partial charge is 0.496 e. The summed E-state index contributed by atoms with van der Waals surface area (Å²) in [4.78, 5) is 4.24. The van der Waals surface area contributed by atoms with Crippen molar-refractivity contribution < 1.29 is 4.74 Å². The number of ether oxygens (including phenoxy) is 1. The average molecular weight is 265 g/mol. The summed E-state index contributed by atoms with van der Waals surface area (Å²) in [6, 6.07) is 10.1. The number of hydrogen-bond acceptors (Lipinski definition) is 2. The monoisotopic (exact) mass is 265 g/mol. The lowest BCUT2D eigenvalue weighted by molar-refractivity contribution is 0.411. The van der Waals surface area contributed by atoms with Crippen LogP contribution in [0, 0.1) is 13.8 Å². The van der Waals surface area contributed by atoms with Gasteiger partial charge in [0, 0.05) is 6.20 Å². The molecule has 0 aliphatic carbocycles. The van der Waals surface area contributed by atoms with E-state index in [1.54, 1.807) is 13.3 Å². The molecule has 0 unspecified atom stereocenters. The molecule has 0 aliphatic heterocycles. The van der Waals surface area contributed by atoms with Crippen LogP contribution >= 0.6 is 0 Å². The zero-order valence-corrected chi connectivity index (χ0v) is 12.1. The molecule has 1 aromatic carbocycles. The van der Waals surface area contributed by atoms with E-state index in [-0.39, 0.29) is 0 Å². The fraction of sp³-hybridized carbons (Fsp3) is 0.167. The Balaban J connectivity index is 2.12. The molecule has 0 saturated carbocycles. The number of pyridine rings is 1. The van der Waals surface area contributed by atoms with E-state index in [0.29, 0.717) is 0 Å². The summed E-state index contributed by atoms with van der Waals surface area (Å²) in [5.41, 5.74) is 4.51. The summed E-state index contributed by atoms with van der Waals surface area (Å²) in [5.74, 6) is 0.934. The van der Waals surface area contributed by atoms with Crippen LogP contribution in [0.2, 0.25) is 0 Å². The first kappa shape index (κ1) is 14.1. The molecule has 20 heavy (non-hydrogen) atoms. The zero-order valence-electron chi connectivity index (χ0n) is 12.1. The van der Waals surface area contributed by atoms with Gasteiger partial charge in [0.05, 0.1) is 12.8 Å². The van der Waals surface area contributed by atoms with E-state index in [4.69, 9.17) is 4.74 Å². The Labute approximate surface area is 120 Å². The number of aromatic nitrogens is 1. The lowest BCUT2D eigenvalue weighted by Crippen LogP contribution is -1.90. The third-order valence-electron chi connectivity index (χ3n) is 3.13. The highest BCUT2D eigenvalue weighted by Crippen LogP contribution is 2.23. The molecule has 2 heteroatoms. The van der Waals surface area contributed by atoms with Crippen molar-refractivity contribution in [1.82, 2.24) is 4.98 Å². The predicted molar refractivity (Wildman–Crippen MR) is 84.8 cm³/mol. The number of nitrogens with zero attached hydrogens (tertiary/aromatic N) is 1. The lowest BCUT2D eigenvalue weighted by Gasteiger charge is -2.08.